The van der Waals surface area contributed by atoms with E-state index in [1.54, 1.807) is 12.3 Å². The molecule has 0 unspecified atom stereocenters. The van der Waals surface area contributed by atoms with Crippen LogP contribution >= 0.6 is 11.6 Å². The molecule has 5 heteroatoms. The van der Waals surface area contributed by atoms with Gasteiger partial charge in [0.25, 0.3) is 0 Å². The smallest absolute Gasteiger partial charge is 0.124 e. The molecule has 0 amide bonds. The molecule has 1 N–H and O–H groups in total. The number of aromatic nitrogens is 2. The molecule has 3 nitrogen and oxygen atoms in total. The largest absolute Gasteiger partial charge is 0.312 e. The van der Waals surface area contributed by atoms with Gasteiger partial charge in [-0.05, 0) is 23.8 Å². The molecule has 0 atom stereocenters. The van der Waals surface area contributed by atoms with Crippen molar-refractivity contribution in [1.29, 1.82) is 0 Å². The van der Waals surface area contributed by atoms with Crippen molar-refractivity contribution in [2.75, 3.05) is 6.54 Å². The van der Waals surface area contributed by atoms with Crippen LogP contribution in [0.3, 0.4) is 0 Å². The summed E-state index contributed by atoms with van der Waals surface area (Å²) in [6.07, 6.45) is 2.68. The van der Waals surface area contributed by atoms with Gasteiger partial charge in [-0.1, -0.05) is 17.7 Å². The van der Waals surface area contributed by atoms with E-state index >= 15 is 0 Å². The summed E-state index contributed by atoms with van der Waals surface area (Å²) >= 11 is 5.94. The highest BCUT2D eigenvalue weighted by Crippen LogP contribution is 2.16. The van der Waals surface area contributed by atoms with E-state index in [0.717, 1.165) is 18.5 Å². The number of benzene rings is 1. The molecular formula is C13H15ClFN3. The van der Waals surface area contributed by atoms with Gasteiger partial charge in [0.2, 0.25) is 0 Å². The summed E-state index contributed by atoms with van der Waals surface area (Å²) in [5, 5.41) is 7.84. The number of halogens is 2. The van der Waals surface area contributed by atoms with Crippen molar-refractivity contribution in [2.24, 2.45) is 7.05 Å². The van der Waals surface area contributed by atoms with Crippen LogP contribution < -0.4 is 5.32 Å². The van der Waals surface area contributed by atoms with Gasteiger partial charge in [0.15, 0.2) is 0 Å². The molecule has 1 heterocycles. The molecule has 96 valence electrons. The Morgan fingerprint density at radius 1 is 1.39 bits per heavy atom. The van der Waals surface area contributed by atoms with Crippen LogP contribution in [0, 0.1) is 5.82 Å². The molecule has 0 spiro atoms. The normalized spacial score (nSPS) is 10.8. The van der Waals surface area contributed by atoms with Crippen molar-refractivity contribution in [3.05, 3.63) is 52.6 Å². The van der Waals surface area contributed by atoms with Gasteiger partial charge in [0.05, 0.1) is 0 Å². The molecule has 0 saturated carbocycles. The maximum atomic E-state index is 12.9. The first-order chi connectivity index (χ1) is 8.66. The third-order valence-corrected chi connectivity index (χ3v) is 3.16. The SMILES string of the molecule is Cn1nccc1CCNCc1ccc(F)cc1Cl. The van der Waals surface area contributed by atoms with Crippen LogP contribution in [0.25, 0.3) is 0 Å². The lowest BCUT2D eigenvalue weighted by molar-refractivity contribution is 0.622. The van der Waals surface area contributed by atoms with Crippen molar-refractivity contribution in [1.82, 2.24) is 15.1 Å². The van der Waals surface area contributed by atoms with E-state index in [0.29, 0.717) is 11.6 Å². The van der Waals surface area contributed by atoms with Crippen molar-refractivity contribution in [2.45, 2.75) is 13.0 Å². The zero-order chi connectivity index (χ0) is 13.0. The second kappa shape index (κ2) is 5.98. The van der Waals surface area contributed by atoms with Gasteiger partial charge in [-0.3, -0.25) is 4.68 Å². The highest BCUT2D eigenvalue weighted by atomic mass is 35.5. The third-order valence-electron chi connectivity index (χ3n) is 2.81. The van der Waals surface area contributed by atoms with Gasteiger partial charge in [-0.15, -0.1) is 0 Å². The van der Waals surface area contributed by atoms with Gasteiger partial charge in [0.1, 0.15) is 5.82 Å². The van der Waals surface area contributed by atoms with Crippen LogP contribution in [0.4, 0.5) is 4.39 Å². The molecule has 18 heavy (non-hydrogen) atoms. The summed E-state index contributed by atoms with van der Waals surface area (Å²) in [5.74, 6) is -0.307. The lowest BCUT2D eigenvalue weighted by atomic mass is 10.2. The maximum Gasteiger partial charge on any atom is 0.124 e. The fraction of sp³-hybridized carbons (Fsp3) is 0.308. The molecule has 0 aliphatic heterocycles. The second-order valence-corrected chi connectivity index (χ2v) is 4.52. The van der Waals surface area contributed by atoms with Crippen LogP contribution in [0.1, 0.15) is 11.3 Å². The molecule has 0 aliphatic carbocycles. The lowest BCUT2D eigenvalue weighted by Crippen LogP contribution is -2.18. The van der Waals surface area contributed by atoms with Crippen LogP contribution in [-0.4, -0.2) is 16.3 Å². The van der Waals surface area contributed by atoms with Gasteiger partial charge in [-0.25, -0.2) is 4.39 Å². The van der Waals surface area contributed by atoms with Crippen LogP contribution in [0.2, 0.25) is 5.02 Å². The van der Waals surface area contributed by atoms with Crippen LogP contribution in [-0.2, 0) is 20.0 Å². The molecule has 1 aromatic carbocycles. The average molecular weight is 268 g/mol. The molecule has 0 saturated heterocycles. The summed E-state index contributed by atoms with van der Waals surface area (Å²) < 4.78 is 14.7. The number of rotatable bonds is 5. The number of hydrogen-bond acceptors (Lipinski definition) is 2. The number of nitrogens with zero attached hydrogens (tertiary/aromatic N) is 2. The van der Waals surface area contributed by atoms with Crippen LogP contribution in [0.5, 0.6) is 0 Å². The Morgan fingerprint density at radius 3 is 2.89 bits per heavy atom. The molecule has 2 aromatic rings. The minimum Gasteiger partial charge on any atom is -0.312 e. The van der Waals surface area contributed by atoms with Crippen molar-refractivity contribution in [3.8, 4) is 0 Å². The molecular weight excluding hydrogens is 253 g/mol. The molecule has 2 rings (SSSR count). The number of hydrogen-bond donors (Lipinski definition) is 1. The van der Waals surface area contributed by atoms with E-state index in [2.05, 4.69) is 10.4 Å². The average Bonchev–Trinajstić information content (AvgIpc) is 2.73. The lowest BCUT2D eigenvalue weighted by Gasteiger charge is -2.07. The molecule has 0 radical (unpaired) electrons. The zero-order valence-corrected chi connectivity index (χ0v) is 10.9. The predicted octanol–water partition coefficient (Wildman–Crippen LogP) is 2.54. The summed E-state index contributed by atoms with van der Waals surface area (Å²) in [6.45, 7) is 1.46. The maximum absolute atomic E-state index is 12.9. The van der Waals surface area contributed by atoms with Crippen molar-refractivity contribution >= 4 is 11.6 Å². The van der Waals surface area contributed by atoms with E-state index in [9.17, 15) is 4.39 Å². The Labute approximate surface area is 111 Å². The summed E-state index contributed by atoms with van der Waals surface area (Å²) in [7, 11) is 1.92. The molecule has 0 aliphatic rings. The van der Waals surface area contributed by atoms with Gasteiger partial charge >= 0.3 is 0 Å². The first-order valence-corrected chi connectivity index (χ1v) is 6.16. The Balaban J connectivity index is 1.80. The first kappa shape index (κ1) is 13.1. The van der Waals surface area contributed by atoms with E-state index in [1.807, 2.05) is 17.8 Å². The van der Waals surface area contributed by atoms with E-state index in [-0.39, 0.29) is 5.82 Å². The van der Waals surface area contributed by atoms with Crippen molar-refractivity contribution in [3.63, 3.8) is 0 Å². The molecule has 1 aromatic heterocycles. The monoisotopic (exact) mass is 267 g/mol. The predicted molar refractivity (Wildman–Crippen MR) is 70.0 cm³/mol. The Kier molecular flexibility index (Phi) is 4.33. The highest BCUT2D eigenvalue weighted by Gasteiger charge is 2.02. The van der Waals surface area contributed by atoms with E-state index in [4.69, 9.17) is 11.6 Å². The molecule has 0 bridgehead atoms. The second-order valence-electron chi connectivity index (χ2n) is 4.11. The van der Waals surface area contributed by atoms with Gasteiger partial charge in [0, 0.05) is 43.5 Å². The summed E-state index contributed by atoms with van der Waals surface area (Å²) in [4.78, 5) is 0. The fourth-order valence-electron chi connectivity index (χ4n) is 1.75. The first-order valence-electron chi connectivity index (χ1n) is 5.78. The van der Waals surface area contributed by atoms with Crippen molar-refractivity contribution < 1.29 is 4.39 Å². The van der Waals surface area contributed by atoms with E-state index in [1.165, 1.54) is 17.8 Å². The molecule has 0 fully saturated rings. The Hall–Kier alpha value is -1.39. The number of aryl methyl sites for hydroxylation is 1. The topological polar surface area (TPSA) is 29.9 Å². The standard InChI is InChI=1S/C13H15ClFN3/c1-18-12(5-7-17-18)4-6-16-9-10-2-3-11(15)8-13(10)14/h2-3,5,7-8,16H,4,6,9H2,1H3. The quantitative estimate of drug-likeness (QED) is 0.844. The minimum absolute atomic E-state index is 0.307. The minimum atomic E-state index is -0.307. The fourth-order valence-corrected chi connectivity index (χ4v) is 1.99. The third kappa shape index (κ3) is 3.31. The summed E-state index contributed by atoms with van der Waals surface area (Å²) in [6, 6.07) is 6.45. The van der Waals surface area contributed by atoms with Gasteiger partial charge in [-0.2, -0.15) is 5.10 Å². The highest BCUT2D eigenvalue weighted by molar-refractivity contribution is 6.31. The zero-order valence-electron chi connectivity index (χ0n) is 10.2. The number of nitrogens with one attached hydrogen (secondary N) is 1. The summed E-state index contributed by atoms with van der Waals surface area (Å²) in [5.41, 5.74) is 2.08. The van der Waals surface area contributed by atoms with E-state index < -0.39 is 0 Å². The Morgan fingerprint density at radius 2 is 2.22 bits per heavy atom. The van der Waals surface area contributed by atoms with Gasteiger partial charge < -0.3 is 5.32 Å². The van der Waals surface area contributed by atoms with Crippen LogP contribution in [0.15, 0.2) is 30.5 Å². The Bertz CT molecular complexity index is 525.